The van der Waals surface area contributed by atoms with Crippen molar-refractivity contribution in [1.82, 2.24) is 9.88 Å². The summed E-state index contributed by atoms with van der Waals surface area (Å²) in [6.07, 6.45) is 9.35. The average Bonchev–Trinajstić information content (AvgIpc) is 3.35. The maximum absolute atomic E-state index is 5.36. The zero-order valence-electron chi connectivity index (χ0n) is 15.3. The lowest BCUT2D eigenvalue weighted by molar-refractivity contribution is 0.295. The van der Waals surface area contributed by atoms with E-state index in [1.54, 1.807) is 7.11 Å². The molecule has 0 bridgehead atoms. The Morgan fingerprint density at radius 1 is 1.23 bits per heavy atom. The number of thiophene rings is 1. The summed E-state index contributed by atoms with van der Waals surface area (Å²) in [6, 6.07) is 10.6. The molecular formula is C22H26N2OS. The number of aromatic nitrogens is 1. The fraction of sp³-hybridized carbons (Fsp3) is 0.364. The summed E-state index contributed by atoms with van der Waals surface area (Å²) in [4.78, 5) is 7.40. The Kier molecular flexibility index (Phi) is 5.42. The Hall–Kier alpha value is -2.04. The van der Waals surface area contributed by atoms with Crippen molar-refractivity contribution in [3.8, 4) is 5.75 Å². The lowest BCUT2D eigenvalue weighted by Gasteiger charge is -2.25. The number of H-pyrrole nitrogens is 1. The van der Waals surface area contributed by atoms with Crippen LogP contribution in [-0.4, -0.2) is 36.6 Å². The summed E-state index contributed by atoms with van der Waals surface area (Å²) in [6.45, 7) is 3.48. The molecule has 1 aliphatic heterocycles. The number of hydrogen-bond acceptors (Lipinski definition) is 3. The van der Waals surface area contributed by atoms with Crippen LogP contribution in [0, 0.1) is 0 Å². The fourth-order valence-electron chi connectivity index (χ4n) is 3.74. The second-order valence-electron chi connectivity index (χ2n) is 6.94. The molecule has 1 N–H and O–H groups in total. The monoisotopic (exact) mass is 366 g/mol. The summed E-state index contributed by atoms with van der Waals surface area (Å²) in [7, 11) is 1.73. The number of aromatic amines is 1. The summed E-state index contributed by atoms with van der Waals surface area (Å²) in [5.74, 6) is 0.931. The Morgan fingerprint density at radius 2 is 2.19 bits per heavy atom. The van der Waals surface area contributed by atoms with E-state index in [0.717, 1.165) is 18.7 Å². The number of nitrogens with zero attached hydrogens (tertiary/aromatic N) is 1. The van der Waals surface area contributed by atoms with Crippen LogP contribution in [0.3, 0.4) is 0 Å². The lowest BCUT2D eigenvalue weighted by atomic mass is 10.0. The first-order valence-electron chi connectivity index (χ1n) is 9.43. The van der Waals surface area contributed by atoms with Gasteiger partial charge in [-0.1, -0.05) is 12.1 Å². The molecule has 4 heteroatoms. The van der Waals surface area contributed by atoms with Gasteiger partial charge in [0.15, 0.2) is 0 Å². The van der Waals surface area contributed by atoms with E-state index < -0.39 is 0 Å². The third-order valence-electron chi connectivity index (χ3n) is 5.28. The van der Waals surface area contributed by atoms with E-state index in [1.165, 1.54) is 59.3 Å². The van der Waals surface area contributed by atoms with Gasteiger partial charge < -0.3 is 9.72 Å². The third-order valence-corrected chi connectivity index (χ3v) is 6.22. The number of methoxy groups -OCH3 is 1. The van der Waals surface area contributed by atoms with Gasteiger partial charge in [0.05, 0.1) is 7.11 Å². The number of nitrogens with one attached hydrogen (secondary N) is 1. The van der Waals surface area contributed by atoms with E-state index >= 15 is 0 Å². The van der Waals surface area contributed by atoms with Crippen molar-refractivity contribution in [1.29, 1.82) is 0 Å². The molecule has 0 atom stereocenters. The van der Waals surface area contributed by atoms with Crippen LogP contribution in [0.5, 0.6) is 5.75 Å². The van der Waals surface area contributed by atoms with E-state index in [0.29, 0.717) is 0 Å². The van der Waals surface area contributed by atoms with E-state index in [9.17, 15) is 0 Å². The Labute approximate surface area is 159 Å². The molecule has 1 aliphatic rings. The molecule has 136 valence electrons. The second-order valence-corrected chi connectivity index (χ2v) is 7.89. The molecule has 0 amide bonds. The van der Waals surface area contributed by atoms with Crippen LogP contribution in [0.15, 0.2) is 48.0 Å². The predicted octanol–water partition coefficient (Wildman–Crippen LogP) is 5.35. The van der Waals surface area contributed by atoms with Crippen molar-refractivity contribution >= 4 is 27.8 Å². The fourth-order valence-corrected chi connectivity index (χ4v) is 4.54. The van der Waals surface area contributed by atoms with Crippen molar-refractivity contribution in [2.75, 3.05) is 26.7 Å². The maximum atomic E-state index is 5.36. The van der Waals surface area contributed by atoms with Gasteiger partial charge in [-0.25, -0.2) is 0 Å². The van der Waals surface area contributed by atoms with Crippen LogP contribution in [0.4, 0.5) is 0 Å². The number of fused-ring (bicyclic) bond motifs is 1. The average molecular weight is 367 g/mol. The van der Waals surface area contributed by atoms with Gasteiger partial charge >= 0.3 is 0 Å². The van der Waals surface area contributed by atoms with E-state index in [1.807, 2.05) is 17.4 Å². The molecule has 3 aromatic rings. The molecule has 1 aromatic carbocycles. The van der Waals surface area contributed by atoms with Crippen LogP contribution < -0.4 is 4.74 Å². The molecule has 0 saturated heterocycles. The van der Waals surface area contributed by atoms with Gasteiger partial charge in [-0.15, -0.1) is 11.3 Å². The van der Waals surface area contributed by atoms with Gasteiger partial charge in [0.2, 0.25) is 0 Å². The highest BCUT2D eigenvalue weighted by Crippen LogP contribution is 2.27. The largest absolute Gasteiger partial charge is 0.497 e. The molecule has 2 aromatic heterocycles. The lowest BCUT2D eigenvalue weighted by Crippen LogP contribution is -2.29. The molecule has 0 aliphatic carbocycles. The zero-order chi connectivity index (χ0) is 17.8. The number of benzene rings is 1. The number of hydrogen-bond donors (Lipinski definition) is 1. The van der Waals surface area contributed by atoms with Gasteiger partial charge in [-0.3, -0.25) is 4.90 Å². The first-order chi connectivity index (χ1) is 12.8. The van der Waals surface area contributed by atoms with Crippen LogP contribution in [0.1, 0.15) is 29.7 Å². The number of rotatable bonds is 7. The van der Waals surface area contributed by atoms with Gasteiger partial charge in [-0.05, 0) is 73.0 Å². The molecule has 0 radical (unpaired) electrons. The zero-order valence-corrected chi connectivity index (χ0v) is 16.1. The SMILES string of the molecule is COc1ccc2[nH]cc(CCCCN3CC=C(c4cccs4)CC3)c2c1. The van der Waals surface area contributed by atoms with Crippen molar-refractivity contribution in [3.05, 3.63) is 58.4 Å². The van der Waals surface area contributed by atoms with E-state index in [-0.39, 0.29) is 0 Å². The van der Waals surface area contributed by atoms with Gasteiger partial charge in [-0.2, -0.15) is 0 Å². The quantitative estimate of drug-likeness (QED) is 0.571. The minimum Gasteiger partial charge on any atom is -0.497 e. The molecule has 3 heterocycles. The van der Waals surface area contributed by atoms with E-state index in [4.69, 9.17) is 4.74 Å². The predicted molar refractivity (Wildman–Crippen MR) is 111 cm³/mol. The highest BCUT2D eigenvalue weighted by atomic mass is 32.1. The van der Waals surface area contributed by atoms with Gasteiger partial charge in [0.1, 0.15) is 5.75 Å². The highest BCUT2D eigenvalue weighted by molar-refractivity contribution is 7.11. The molecule has 0 spiro atoms. The summed E-state index contributed by atoms with van der Waals surface area (Å²) >= 11 is 1.86. The van der Waals surface area contributed by atoms with Crippen LogP contribution >= 0.6 is 11.3 Å². The second kappa shape index (κ2) is 8.11. The van der Waals surface area contributed by atoms with Crippen LogP contribution in [-0.2, 0) is 6.42 Å². The number of unbranched alkanes of at least 4 members (excludes halogenated alkanes) is 1. The summed E-state index contributed by atoms with van der Waals surface area (Å²) < 4.78 is 5.36. The minimum absolute atomic E-state index is 0.931. The van der Waals surface area contributed by atoms with Crippen molar-refractivity contribution in [2.45, 2.75) is 25.7 Å². The number of aryl methyl sites for hydroxylation is 1. The van der Waals surface area contributed by atoms with Crippen molar-refractivity contribution in [2.24, 2.45) is 0 Å². The Balaban J connectivity index is 1.26. The maximum Gasteiger partial charge on any atom is 0.119 e. The molecule has 26 heavy (non-hydrogen) atoms. The molecule has 4 rings (SSSR count). The normalized spacial score (nSPS) is 15.3. The van der Waals surface area contributed by atoms with Gasteiger partial charge in [0, 0.05) is 35.1 Å². The van der Waals surface area contributed by atoms with Crippen molar-refractivity contribution < 1.29 is 4.74 Å². The van der Waals surface area contributed by atoms with Crippen LogP contribution in [0.25, 0.3) is 16.5 Å². The molecule has 0 saturated carbocycles. The first-order valence-corrected chi connectivity index (χ1v) is 10.3. The summed E-state index contributed by atoms with van der Waals surface area (Å²) in [5, 5.41) is 3.47. The summed E-state index contributed by atoms with van der Waals surface area (Å²) in [5.41, 5.74) is 4.13. The highest BCUT2D eigenvalue weighted by Gasteiger charge is 2.13. The topological polar surface area (TPSA) is 28.3 Å². The number of ether oxygens (including phenoxy) is 1. The first kappa shape index (κ1) is 17.4. The molecule has 0 unspecified atom stereocenters. The Bertz CT molecular complexity index is 879. The van der Waals surface area contributed by atoms with Crippen LogP contribution in [0.2, 0.25) is 0 Å². The smallest absolute Gasteiger partial charge is 0.119 e. The third kappa shape index (κ3) is 3.87. The van der Waals surface area contributed by atoms with Gasteiger partial charge in [0.25, 0.3) is 0 Å². The van der Waals surface area contributed by atoms with Crippen molar-refractivity contribution in [3.63, 3.8) is 0 Å². The molecular weight excluding hydrogens is 340 g/mol. The molecule has 3 nitrogen and oxygen atoms in total. The molecule has 0 fully saturated rings. The van der Waals surface area contributed by atoms with E-state index in [2.05, 4.69) is 51.8 Å². The standard InChI is InChI=1S/C22H26N2OS/c1-25-19-7-8-21-20(15-19)18(16-23-21)5-2-3-11-24-12-9-17(10-13-24)22-6-4-14-26-22/h4,6-9,14-16,23H,2-3,5,10-13H2,1H3. The minimum atomic E-state index is 0.931. The Morgan fingerprint density at radius 3 is 2.96 bits per heavy atom.